The lowest BCUT2D eigenvalue weighted by Crippen LogP contribution is -2.14. The molecule has 0 bridgehead atoms. The van der Waals surface area contributed by atoms with Crippen molar-refractivity contribution in [1.29, 1.82) is 0 Å². The van der Waals surface area contributed by atoms with Gasteiger partial charge in [0.25, 0.3) is 0 Å². The van der Waals surface area contributed by atoms with Crippen LogP contribution in [0.15, 0.2) is 23.8 Å². The van der Waals surface area contributed by atoms with E-state index in [1.807, 2.05) is 0 Å². The van der Waals surface area contributed by atoms with Gasteiger partial charge < -0.3 is 0 Å². The van der Waals surface area contributed by atoms with E-state index < -0.39 is 7.38 Å². The number of hydrogen-bond acceptors (Lipinski definition) is 0. The van der Waals surface area contributed by atoms with E-state index >= 15 is 0 Å². The zero-order valence-electron chi connectivity index (χ0n) is 8.65. The van der Waals surface area contributed by atoms with E-state index in [1.165, 1.54) is 31.7 Å². The molecule has 1 aliphatic rings. The van der Waals surface area contributed by atoms with Crippen molar-refractivity contribution in [2.75, 3.05) is 0 Å². The second-order valence-electron chi connectivity index (χ2n) is 4.38. The van der Waals surface area contributed by atoms with E-state index in [9.17, 15) is 0 Å². The SMILES string of the molecule is C[Si](C)(Cl)CCCCC1=CC=CC1. The van der Waals surface area contributed by atoms with Crippen molar-refractivity contribution in [3.8, 4) is 0 Å². The van der Waals surface area contributed by atoms with Crippen LogP contribution in [0.4, 0.5) is 0 Å². The highest BCUT2D eigenvalue weighted by Gasteiger charge is 2.15. The smallest absolute Gasteiger partial charge is 0.150 e. The van der Waals surface area contributed by atoms with Crippen LogP contribution in [0.2, 0.25) is 19.1 Å². The molecule has 13 heavy (non-hydrogen) atoms. The van der Waals surface area contributed by atoms with Crippen LogP contribution in [0.5, 0.6) is 0 Å². The summed E-state index contributed by atoms with van der Waals surface area (Å²) in [5, 5.41) is 0. The summed E-state index contributed by atoms with van der Waals surface area (Å²) in [7, 11) is -1.30. The summed E-state index contributed by atoms with van der Waals surface area (Å²) in [5.74, 6) is 0. The van der Waals surface area contributed by atoms with Crippen molar-refractivity contribution in [1.82, 2.24) is 0 Å². The summed E-state index contributed by atoms with van der Waals surface area (Å²) < 4.78 is 0. The molecule has 1 rings (SSSR count). The Balaban J connectivity index is 2.02. The minimum atomic E-state index is -1.30. The lowest BCUT2D eigenvalue weighted by atomic mass is 10.1. The van der Waals surface area contributed by atoms with Crippen LogP contribution in [0.3, 0.4) is 0 Å². The Morgan fingerprint density at radius 2 is 2.15 bits per heavy atom. The average Bonchev–Trinajstić information content (AvgIpc) is 2.48. The molecule has 0 aromatic heterocycles. The van der Waals surface area contributed by atoms with Crippen LogP contribution in [0.25, 0.3) is 0 Å². The van der Waals surface area contributed by atoms with Crippen LogP contribution in [0.1, 0.15) is 25.7 Å². The molecule has 1 aliphatic carbocycles. The Hall–Kier alpha value is -0.0131. The van der Waals surface area contributed by atoms with Crippen molar-refractivity contribution in [3.05, 3.63) is 23.8 Å². The lowest BCUT2D eigenvalue weighted by molar-refractivity contribution is 0.772. The summed E-state index contributed by atoms with van der Waals surface area (Å²) >= 11 is 6.24. The number of hydrogen-bond donors (Lipinski definition) is 0. The molecule has 74 valence electrons. The van der Waals surface area contributed by atoms with Crippen molar-refractivity contribution < 1.29 is 0 Å². The third-order valence-electron chi connectivity index (χ3n) is 2.37. The Morgan fingerprint density at radius 1 is 1.38 bits per heavy atom. The van der Waals surface area contributed by atoms with Crippen LogP contribution in [-0.4, -0.2) is 7.38 Å². The molecule has 0 heterocycles. The predicted molar refractivity (Wildman–Crippen MR) is 63.8 cm³/mol. The van der Waals surface area contributed by atoms with Gasteiger partial charge in [0.1, 0.15) is 7.38 Å². The first kappa shape index (κ1) is 11.1. The minimum Gasteiger partial charge on any atom is -0.168 e. The van der Waals surface area contributed by atoms with Crippen LogP contribution in [0, 0.1) is 0 Å². The van der Waals surface area contributed by atoms with Gasteiger partial charge in [0, 0.05) is 0 Å². The number of allylic oxidation sites excluding steroid dienone is 4. The molecule has 0 spiro atoms. The van der Waals surface area contributed by atoms with Gasteiger partial charge in [0.05, 0.1) is 0 Å². The molecule has 0 N–H and O–H groups in total. The number of halogens is 1. The molecule has 0 aromatic carbocycles. The van der Waals surface area contributed by atoms with Crippen molar-refractivity contribution in [2.45, 2.75) is 44.8 Å². The van der Waals surface area contributed by atoms with Gasteiger partial charge in [-0.2, -0.15) is 11.1 Å². The maximum atomic E-state index is 6.24. The fourth-order valence-electron chi connectivity index (χ4n) is 1.57. The maximum absolute atomic E-state index is 6.24. The van der Waals surface area contributed by atoms with Gasteiger partial charge in [-0.25, -0.2) is 0 Å². The third kappa shape index (κ3) is 5.32. The highest BCUT2D eigenvalue weighted by Crippen LogP contribution is 2.22. The third-order valence-corrected chi connectivity index (χ3v) is 4.48. The van der Waals surface area contributed by atoms with E-state index in [-0.39, 0.29) is 0 Å². The molecule has 0 fully saturated rings. The molecule has 0 radical (unpaired) electrons. The number of rotatable bonds is 5. The molecule has 0 aliphatic heterocycles. The summed E-state index contributed by atoms with van der Waals surface area (Å²) in [5.41, 5.74) is 1.59. The van der Waals surface area contributed by atoms with E-state index in [0.717, 1.165) is 0 Å². The molecule has 0 unspecified atom stereocenters. The zero-order valence-corrected chi connectivity index (χ0v) is 10.4. The predicted octanol–water partition coefficient (Wildman–Crippen LogP) is 4.49. The first-order valence-electron chi connectivity index (χ1n) is 5.11. The van der Waals surface area contributed by atoms with Gasteiger partial charge in [-0.15, -0.1) is 0 Å². The normalized spacial score (nSPS) is 16.4. The monoisotopic (exact) mass is 214 g/mol. The first-order valence-corrected chi connectivity index (χ1v) is 9.33. The topological polar surface area (TPSA) is 0 Å². The Kier molecular flexibility index (Phi) is 4.27. The zero-order chi connectivity index (χ0) is 9.73. The van der Waals surface area contributed by atoms with Gasteiger partial charge in [-0.05, 0) is 25.3 Å². The fraction of sp³-hybridized carbons (Fsp3) is 0.636. The lowest BCUT2D eigenvalue weighted by Gasteiger charge is -2.11. The van der Waals surface area contributed by atoms with Gasteiger partial charge in [0.2, 0.25) is 0 Å². The minimum absolute atomic E-state index is 1.18. The van der Waals surface area contributed by atoms with Crippen molar-refractivity contribution >= 4 is 18.5 Å². The Labute approximate surface area is 87.4 Å². The Bertz CT molecular complexity index is 211. The molecular weight excluding hydrogens is 196 g/mol. The van der Waals surface area contributed by atoms with Crippen LogP contribution < -0.4 is 0 Å². The number of unbranched alkanes of at least 4 members (excludes halogenated alkanes) is 1. The molecule has 0 nitrogen and oxygen atoms in total. The summed E-state index contributed by atoms with van der Waals surface area (Å²) in [6, 6.07) is 1.26. The second-order valence-corrected chi connectivity index (χ2v) is 11.4. The van der Waals surface area contributed by atoms with E-state index in [1.54, 1.807) is 5.57 Å². The second kappa shape index (κ2) is 5.01. The standard InChI is InChI=1S/C11H19ClSi/c1-13(2,12)10-6-5-9-11-7-3-4-8-11/h3-4,7H,5-6,8-10H2,1-2H3. The maximum Gasteiger partial charge on any atom is 0.150 e. The van der Waals surface area contributed by atoms with Crippen LogP contribution in [-0.2, 0) is 0 Å². The van der Waals surface area contributed by atoms with Gasteiger partial charge >= 0.3 is 0 Å². The largest absolute Gasteiger partial charge is 0.168 e. The Morgan fingerprint density at radius 3 is 2.69 bits per heavy atom. The average molecular weight is 215 g/mol. The quantitative estimate of drug-likeness (QED) is 0.360. The van der Waals surface area contributed by atoms with E-state index in [2.05, 4.69) is 31.3 Å². The summed E-state index contributed by atoms with van der Waals surface area (Å²) in [4.78, 5) is 0. The van der Waals surface area contributed by atoms with Gasteiger partial charge in [0.15, 0.2) is 0 Å². The van der Waals surface area contributed by atoms with Crippen molar-refractivity contribution in [3.63, 3.8) is 0 Å². The fourth-order valence-corrected chi connectivity index (χ4v) is 3.07. The highest BCUT2D eigenvalue weighted by molar-refractivity contribution is 7.19. The van der Waals surface area contributed by atoms with Crippen LogP contribution >= 0.6 is 11.1 Å². The molecule has 2 heteroatoms. The van der Waals surface area contributed by atoms with Gasteiger partial charge in [-0.3, -0.25) is 0 Å². The molecule has 0 saturated heterocycles. The molecule has 0 amide bonds. The highest BCUT2D eigenvalue weighted by atomic mass is 35.6. The van der Waals surface area contributed by atoms with Crippen molar-refractivity contribution in [2.24, 2.45) is 0 Å². The molecule has 0 saturated carbocycles. The molecule has 0 atom stereocenters. The summed E-state index contributed by atoms with van der Waals surface area (Å²) in [6.45, 7) is 4.45. The summed E-state index contributed by atoms with van der Waals surface area (Å²) in [6.07, 6.45) is 11.7. The van der Waals surface area contributed by atoms with E-state index in [0.29, 0.717) is 0 Å². The molecule has 0 aromatic rings. The first-order chi connectivity index (χ1) is 6.08. The van der Waals surface area contributed by atoms with Gasteiger partial charge in [-0.1, -0.05) is 43.3 Å². The van der Waals surface area contributed by atoms with E-state index in [4.69, 9.17) is 11.1 Å². The molecular formula is C11H19ClSi.